The zero-order valence-corrected chi connectivity index (χ0v) is 11.3. The summed E-state index contributed by atoms with van der Waals surface area (Å²) < 4.78 is 4.81. The van der Waals surface area contributed by atoms with Gasteiger partial charge < -0.3 is 10.1 Å². The highest BCUT2D eigenvalue weighted by Crippen LogP contribution is 2.09. The third kappa shape index (κ3) is 5.63. The highest BCUT2D eigenvalue weighted by atomic mass is 32.1. The summed E-state index contributed by atoms with van der Waals surface area (Å²) in [5.41, 5.74) is 0. The second-order valence-electron chi connectivity index (χ2n) is 3.83. The maximum Gasteiger partial charge on any atom is 0.331 e. The number of ether oxygens (including phenoxy) is 1. The van der Waals surface area contributed by atoms with Crippen LogP contribution in [0, 0.1) is 0 Å². The lowest BCUT2D eigenvalue weighted by Crippen LogP contribution is -2.35. The standard InChI is InChI=1S/C13H17NO3S/c1-3-10(2)14-12(15)9-17-13(16)7-6-11-5-4-8-18-11/h4-8,10H,3,9H2,1-2H3,(H,14,15)/b7-6+/t10-/m1/s1. The molecule has 0 aliphatic carbocycles. The highest BCUT2D eigenvalue weighted by molar-refractivity contribution is 7.10. The summed E-state index contributed by atoms with van der Waals surface area (Å²) in [4.78, 5) is 23.6. The van der Waals surface area contributed by atoms with Crippen molar-refractivity contribution < 1.29 is 14.3 Å². The van der Waals surface area contributed by atoms with Crippen LogP contribution in [0.4, 0.5) is 0 Å². The highest BCUT2D eigenvalue weighted by Gasteiger charge is 2.07. The van der Waals surface area contributed by atoms with Gasteiger partial charge in [-0.25, -0.2) is 4.79 Å². The normalized spacial score (nSPS) is 12.3. The molecule has 0 unspecified atom stereocenters. The number of carbonyl (C=O) groups excluding carboxylic acids is 2. The molecular weight excluding hydrogens is 250 g/mol. The smallest absolute Gasteiger partial charge is 0.331 e. The number of hydrogen-bond donors (Lipinski definition) is 1. The van der Waals surface area contributed by atoms with E-state index in [0.717, 1.165) is 11.3 Å². The van der Waals surface area contributed by atoms with Gasteiger partial charge in [0.05, 0.1) is 0 Å². The molecule has 0 bridgehead atoms. The first-order valence-corrected chi connectivity index (χ1v) is 6.67. The van der Waals surface area contributed by atoms with Crippen molar-refractivity contribution in [1.29, 1.82) is 0 Å². The number of rotatable bonds is 6. The van der Waals surface area contributed by atoms with Crippen molar-refractivity contribution in [2.24, 2.45) is 0 Å². The molecular formula is C13H17NO3S. The summed E-state index contributed by atoms with van der Waals surface area (Å²) in [5.74, 6) is -0.787. The number of nitrogens with one attached hydrogen (secondary N) is 1. The van der Waals surface area contributed by atoms with E-state index in [9.17, 15) is 9.59 Å². The van der Waals surface area contributed by atoms with Crippen LogP contribution in [-0.4, -0.2) is 24.5 Å². The van der Waals surface area contributed by atoms with E-state index < -0.39 is 5.97 Å². The summed E-state index contributed by atoms with van der Waals surface area (Å²) >= 11 is 1.53. The Kier molecular flexibility index (Phi) is 6.14. The molecule has 1 aromatic heterocycles. The fourth-order valence-corrected chi connectivity index (χ4v) is 1.76. The van der Waals surface area contributed by atoms with Gasteiger partial charge in [0, 0.05) is 17.0 Å². The molecule has 0 radical (unpaired) electrons. The summed E-state index contributed by atoms with van der Waals surface area (Å²) in [6, 6.07) is 3.89. The lowest BCUT2D eigenvalue weighted by atomic mass is 10.2. The quantitative estimate of drug-likeness (QED) is 0.635. The molecule has 0 saturated carbocycles. The summed E-state index contributed by atoms with van der Waals surface area (Å²) in [5, 5.41) is 4.64. The Bertz CT molecular complexity index is 412. The van der Waals surface area contributed by atoms with Gasteiger partial charge in [0.15, 0.2) is 6.61 Å². The van der Waals surface area contributed by atoms with E-state index in [4.69, 9.17) is 4.74 Å². The van der Waals surface area contributed by atoms with Crippen molar-refractivity contribution >= 4 is 29.3 Å². The van der Waals surface area contributed by atoms with Gasteiger partial charge in [0.2, 0.25) is 0 Å². The van der Waals surface area contributed by atoms with Gasteiger partial charge in [-0.2, -0.15) is 0 Å². The molecule has 0 saturated heterocycles. The first-order chi connectivity index (χ1) is 8.61. The van der Waals surface area contributed by atoms with Crippen molar-refractivity contribution in [3.8, 4) is 0 Å². The van der Waals surface area contributed by atoms with Gasteiger partial charge in [-0.15, -0.1) is 11.3 Å². The number of amides is 1. The second kappa shape index (κ2) is 7.66. The van der Waals surface area contributed by atoms with Crippen LogP contribution in [-0.2, 0) is 14.3 Å². The van der Waals surface area contributed by atoms with E-state index in [2.05, 4.69) is 5.32 Å². The van der Waals surface area contributed by atoms with Gasteiger partial charge >= 0.3 is 5.97 Å². The summed E-state index contributed by atoms with van der Waals surface area (Å²) in [7, 11) is 0. The Morgan fingerprint density at radius 3 is 2.94 bits per heavy atom. The van der Waals surface area contributed by atoms with Crippen molar-refractivity contribution in [3.63, 3.8) is 0 Å². The fraction of sp³-hybridized carbons (Fsp3) is 0.385. The number of hydrogen-bond acceptors (Lipinski definition) is 4. The average Bonchev–Trinajstić information content (AvgIpc) is 2.86. The minimum atomic E-state index is -0.511. The molecule has 98 valence electrons. The van der Waals surface area contributed by atoms with Crippen molar-refractivity contribution in [1.82, 2.24) is 5.32 Å². The van der Waals surface area contributed by atoms with E-state index >= 15 is 0 Å². The Balaban J connectivity index is 2.27. The SMILES string of the molecule is CC[C@@H](C)NC(=O)COC(=O)/C=C/c1cccs1. The lowest BCUT2D eigenvalue weighted by molar-refractivity contribution is -0.144. The molecule has 1 heterocycles. The van der Waals surface area contributed by atoms with Crippen LogP contribution in [0.25, 0.3) is 6.08 Å². The summed E-state index contributed by atoms with van der Waals surface area (Å²) in [6.45, 7) is 3.63. The molecule has 1 atom stereocenters. The Morgan fingerprint density at radius 1 is 1.56 bits per heavy atom. The first kappa shape index (κ1) is 14.4. The lowest BCUT2D eigenvalue weighted by Gasteiger charge is -2.10. The Morgan fingerprint density at radius 2 is 2.33 bits per heavy atom. The minimum absolute atomic E-state index is 0.0952. The average molecular weight is 267 g/mol. The second-order valence-corrected chi connectivity index (χ2v) is 4.81. The third-order valence-electron chi connectivity index (χ3n) is 2.29. The maximum atomic E-state index is 11.3. The zero-order chi connectivity index (χ0) is 13.4. The van der Waals surface area contributed by atoms with Crippen molar-refractivity contribution in [2.45, 2.75) is 26.3 Å². The predicted octanol–water partition coefficient (Wildman–Crippen LogP) is 2.22. The van der Waals surface area contributed by atoms with Gasteiger partial charge in [-0.05, 0) is 30.9 Å². The van der Waals surface area contributed by atoms with Crippen molar-refractivity contribution in [2.75, 3.05) is 6.61 Å². The largest absolute Gasteiger partial charge is 0.452 e. The van der Waals surface area contributed by atoms with Crippen molar-refractivity contribution in [3.05, 3.63) is 28.5 Å². The van der Waals surface area contributed by atoms with Crippen LogP contribution >= 0.6 is 11.3 Å². The number of esters is 1. The molecule has 1 N–H and O–H groups in total. The zero-order valence-electron chi connectivity index (χ0n) is 10.5. The Hall–Kier alpha value is -1.62. The summed E-state index contributed by atoms with van der Waals surface area (Å²) in [6.07, 6.45) is 3.83. The molecule has 0 fully saturated rings. The third-order valence-corrected chi connectivity index (χ3v) is 3.13. The monoisotopic (exact) mass is 267 g/mol. The molecule has 1 rings (SSSR count). The van der Waals surface area contributed by atoms with Gasteiger partial charge in [-0.3, -0.25) is 4.79 Å². The van der Waals surface area contributed by atoms with Gasteiger partial charge in [0.1, 0.15) is 0 Å². The van der Waals surface area contributed by atoms with E-state index in [0.29, 0.717) is 0 Å². The molecule has 4 nitrogen and oxygen atoms in total. The van der Waals surface area contributed by atoms with E-state index in [1.54, 1.807) is 6.08 Å². The van der Waals surface area contributed by atoms with Crippen LogP contribution < -0.4 is 5.32 Å². The molecule has 0 spiro atoms. The maximum absolute atomic E-state index is 11.3. The van der Waals surface area contributed by atoms with Crippen LogP contribution in [0.15, 0.2) is 23.6 Å². The van der Waals surface area contributed by atoms with Gasteiger partial charge in [0.25, 0.3) is 5.91 Å². The fourth-order valence-electron chi connectivity index (χ4n) is 1.14. The number of carbonyl (C=O) groups is 2. The van der Waals surface area contributed by atoms with Crippen LogP contribution in [0.3, 0.4) is 0 Å². The van der Waals surface area contributed by atoms with Crippen LogP contribution in [0.1, 0.15) is 25.1 Å². The number of thiophene rings is 1. The molecule has 5 heteroatoms. The molecule has 0 aromatic carbocycles. The predicted molar refractivity (Wildman–Crippen MR) is 72.2 cm³/mol. The van der Waals surface area contributed by atoms with E-state index in [-0.39, 0.29) is 18.6 Å². The first-order valence-electron chi connectivity index (χ1n) is 5.79. The van der Waals surface area contributed by atoms with E-state index in [1.165, 1.54) is 17.4 Å². The minimum Gasteiger partial charge on any atom is -0.452 e. The molecule has 1 amide bonds. The molecule has 0 aliphatic heterocycles. The van der Waals surface area contributed by atoms with Crippen LogP contribution in [0.2, 0.25) is 0 Å². The van der Waals surface area contributed by atoms with E-state index in [1.807, 2.05) is 31.4 Å². The molecule has 0 aliphatic rings. The molecule has 1 aromatic rings. The topological polar surface area (TPSA) is 55.4 Å². The molecule has 18 heavy (non-hydrogen) atoms. The Labute approximate surface area is 111 Å². The van der Waals surface area contributed by atoms with Crippen LogP contribution in [0.5, 0.6) is 0 Å². The van der Waals surface area contributed by atoms with Gasteiger partial charge in [-0.1, -0.05) is 13.0 Å².